The van der Waals surface area contributed by atoms with Gasteiger partial charge in [0.25, 0.3) is 0 Å². The summed E-state index contributed by atoms with van der Waals surface area (Å²) in [7, 11) is 0. The van der Waals surface area contributed by atoms with E-state index in [1.807, 2.05) is 0 Å². The van der Waals surface area contributed by atoms with Gasteiger partial charge in [0.05, 0.1) is 0 Å². The zero-order valence-corrected chi connectivity index (χ0v) is 34.0. The van der Waals surface area contributed by atoms with Crippen molar-refractivity contribution in [2.75, 3.05) is 0 Å². The summed E-state index contributed by atoms with van der Waals surface area (Å²) in [6.45, 7) is 23.6. The van der Waals surface area contributed by atoms with Crippen LogP contribution in [-0.4, -0.2) is 4.21 Å². The molecule has 2 aromatic rings. The topological polar surface area (TPSA) is 0 Å². The maximum absolute atomic E-state index is 5.81. The minimum atomic E-state index is -4.53. The summed E-state index contributed by atoms with van der Waals surface area (Å²) in [6, 6.07) is 19.1. The van der Waals surface area contributed by atoms with Crippen molar-refractivity contribution in [1.29, 1.82) is 0 Å². The quantitative estimate of drug-likeness (QED) is 0.295. The molecule has 246 valence electrons. The van der Waals surface area contributed by atoms with E-state index in [0.29, 0.717) is 5.92 Å². The Labute approximate surface area is 293 Å². The predicted molar refractivity (Wildman–Crippen MR) is 204 cm³/mol. The van der Waals surface area contributed by atoms with Gasteiger partial charge in [0.2, 0.25) is 0 Å². The van der Waals surface area contributed by atoms with Crippen LogP contribution in [0.2, 0.25) is 7.75 Å². The average molecular weight is 735 g/mol. The molecule has 46 heavy (non-hydrogen) atoms. The molecule has 0 aliphatic heterocycles. The molecule has 0 aromatic heterocycles. The van der Waals surface area contributed by atoms with Crippen LogP contribution in [-0.2, 0) is 24.7 Å². The molecule has 0 radical (unpaired) electrons. The number of benzene rings is 2. The zero-order valence-electron chi connectivity index (χ0n) is 29.9. The Hall–Kier alpha value is -1.53. The Kier molecular flexibility index (Phi) is 8.35. The number of hydrogen-bond acceptors (Lipinski definition) is 0. The number of allylic oxidation sites excluding steroid dienone is 10. The van der Waals surface area contributed by atoms with E-state index in [1.54, 1.807) is 28.8 Å². The molecule has 0 N–H and O–H groups in total. The second-order valence-electron chi connectivity index (χ2n) is 17.5. The molecule has 1 saturated carbocycles. The van der Waals surface area contributed by atoms with E-state index in [9.17, 15) is 0 Å². The van der Waals surface area contributed by atoms with Crippen molar-refractivity contribution in [3.8, 4) is 0 Å². The van der Waals surface area contributed by atoms with E-state index in [1.165, 1.54) is 23.1 Å². The molecule has 1 fully saturated rings. The Morgan fingerprint density at radius 1 is 0.804 bits per heavy atom. The monoisotopic (exact) mass is 732 g/mol. The Morgan fingerprint density at radius 2 is 1.46 bits per heavy atom. The minimum absolute atomic E-state index is 0. The van der Waals surface area contributed by atoms with Gasteiger partial charge in [-0.25, -0.2) is 0 Å². The van der Waals surface area contributed by atoms with Gasteiger partial charge in [0, 0.05) is 0 Å². The van der Waals surface area contributed by atoms with Crippen molar-refractivity contribution in [3.63, 3.8) is 0 Å². The van der Waals surface area contributed by atoms with Gasteiger partial charge in [-0.05, 0) is 0 Å². The molecule has 0 nitrogen and oxygen atoms in total. The molecule has 0 amide bonds. The SMILES string of the molecule is Cl.Cl.[CH2]=[Zr]([CH3])([C]1=CC=CC1)([c]1ccc(C)cc1)[C]1(C)C2=C3Cc4ccccc4C3=C3C=CCCC3C2(C)C(C)(C)C(C)(C)C1(C)C. The summed E-state index contributed by atoms with van der Waals surface area (Å²) >= 11 is -4.53. The molecular formula is C43H56Cl2Zr. The van der Waals surface area contributed by atoms with Crippen molar-refractivity contribution in [3.05, 3.63) is 116 Å². The predicted octanol–water partition coefficient (Wildman–Crippen LogP) is 12.0. The Balaban J connectivity index is 0.00000208. The average Bonchev–Trinajstić information content (AvgIpc) is 3.66. The molecule has 0 bridgehead atoms. The summed E-state index contributed by atoms with van der Waals surface area (Å²) in [4.78, 5) is 0. The van der Waals surface area contributed by atoms with Crippen molar-refractivity contribution >= 4 is 37.9 Å². The molecule has 5 aliphatic carbocycles. The molecule has 0 spiro atoms. The summed E-state index contributed by atoms with van der Waals surface area (Å²) < 4.78 is 11.6. The third-order valence-corrected chi connectivity index (χ3v) is 34.7. The van der Waals surface area contributed by atoms with Crippen molar-refractivity contribution in [1.82, 2.24) is 0 Å². The first-order valence-corrected chi connectivity index (χ1v) is 25.1. The van der Waals surface area contributed by atoms with E-state index in [2.05, 4.69) is 146 Å². The van der Waals surface area contributed by atoms with Gasteiger partial charge < -0.3 is 0 Å². The van der Waals surface area contributed by atoms with Crippen LogP contribution in [0, 0.1) is 34.5 Å². The molecule has 3 heteroatoms. The van der Waals surface area contributed by atoms with Crippen molar-refractivity contribution < 1.29 is 18.3 Å². The molecule has 0 saturated heterocycles. The summed E-state index contributed by atoms with van der Waals surface area (Å²) in [5.74, 6) is 0.491. The Bertz CT molecular complexity index is 1840. The van der Waals surface area contributed by atoms with Crippen LogP contribution >= 0.6 is 24.8 Å². The zero-order chi connectivity index (χ0) is 31.7. The van der Waals surface area contributed by atoms with Gasteiger partial charge in [-0.1, -0.05) is 0 Å². The standard InChI is InChI=1S/C29H37.C7H7.C5H5.CH3.CH2.2ClH.Zr/c1-18-25-22-17-19-13-9-10-14-20(19)24(22)21-15-11-12-16-23(21)29(25,8)28(6,7)27(4,5)26(18,2)3;1-7-5-3-2-4-6-7;1-2-4-5-3-1;;;;;/h9-11,13-15,23H,12,16-17H2,1-8H3;3-6H,1H3;1-3H,4H2;1H3;1H2;2*1H;. The molecule has 3 atom stereocenters. The van der Waals surface area contributed by atoms with Crippen LogP contribution in [0.3, 0.4) is 0 Å². The number of rotatable bonds is 3. The molecular weight excluding hydrogens is 679 g/mol. The van der Waals surface area contributed by atoms with Crippen molar-refractivity contribution in [2.24, 2.45) is 27.6 Å². The number of hydrogen-bond donors (Lipinski definition) is 0. The molecule has 0 heterocycles. The number of fused-ring (bicyclic) bond motifs is 6. The second-order valence-corrected chi connectivity index (χ2v) is 32.8. The van der Waals surface area contributed by atoms with Crippen LogP contribution in [0.4, 0.5) is 0 Å². The normalized spacial score (nSPS) is 30.0. The molecule has 5 aliphatic rings. The third-order valence-electron chi connectivity index (χ3n) is 16.1. The van der Waals surface area contributed by atoms with Gasteiger partial charge in [-0.15, -0.1) is 24.8 Å². The van der Waals surface area contributed by atoms with E-state index in [4.69, 9.17) is 4.21 Å². The number of halogens is 2. The van der Waals surface area contributed by atoms with Crippen LogP contribution < -0.4 is 3.27 Å². The fourth-order valence-electron chi connectivity index (χ4n) is 11.9. The second kappa shape index (κ2) is 10.7. The fourth-order valence-corrected chi connectivity index (χ4v) is 29.0. The van der Waals surface area contributed by atoms with E-state index >= 15 is 0 Å². The Morgan fingerprint density at radius 3 is 2.09 bits per heavy atom. The van der Waals surface area contributed by atoms with Crippen LogP contribution in [0.1, 0.15) is 91.3 Å². The first-order valence-electron chi connectivity index (χ1n) is 17.2. The van der Waals surface area contributed by atoms with Crippen LogP contribution in [0.5, 0.6) is 0 Å². The van der Waals surface area contributed by atoms with E-state index in [0.717, 1.165) is 19.3 Å². The van der Waals surface area contributed by atoms with E-state index in [-0.39, 0.29) is 49.6 Å². The molecule has 7 rings (SSSR count). The number of aryl methyl sites for hydroxylation is 1. The van der Waals surface area contributed by atoms with Gasteiger partial charge in [-0.3, -0.25) is 0 Å². The van der Waals surface area contributed by atoms with Crippen LogP contribution in [0.25, 0.3) is 5.57 Å². The van der Waals surface area contributed by atoms with Gasteiger partial charge in [0.1, 0.15) is 0 Å². The fraction of sp³-hybridized carbons (Fsp3) is 0.465. The van der Waals surface area contributed by atoms with Gasteiger partial charge >= 0.3 is 270 Å². The maximum atomic E-state index is 5.81. The molecule has 3 unspecified atom stereocenters. The third kappa shape index (κ3) is 3.76. The first kappa shape index (κ1) is 35.8. The summed E-state index contributed by atoms with van der Waals surface area (Å²) in [5.41, 5.74) is 11.0. The summed E-state index contributed by atoms with van der Waals surface area (Å²) in [5, 5.41) is 0. The van der Waals surface area contributed by atoms with Gasteiger partial charge in [0.15, 0.2) is 0 Å². The summed E-state index contributed by atoms with van der Waals surface area (Å²) in [6.07, 6.45) is 16.7. The van der Waals surface area contributed by atoms with Crippen LogP contribution in [0.15, 0.2) is 98.9 Å². The first-order chi connectivity index (χ1) is 20.5. The van der Waals surface area contributed by atoms with Gasteiger partial charge in [-0.2, -0.15) is 0 Å². The van der Waals surface area contributed by atoms with E-state index < -0.39 is 18.3 Å². The molecule has 2 aromatic carbocycles. The van der Waals surface area contributed by atoms with Crippen molar-refractivity contribution in [2.45, 2.75) is 95.8 Å².